The highest BCUT2D eigenvalue weighted by atomic mass is 32.2. The lowest BCUT2D eigenvalue weighted by Crippen LogP contribution is -2.38. The van der Waals surface area contributed by atoms with E-state index >= 15 is 0 Å². The molecule has 0 bridgehead atoms. The Morgan fingerprint density at radius 3 is 2.74 bits per heavy atom. The second-order valence-corrected chi connectivity index (χ2v) is 7.18. The molecule has 0 aliphatic carbocycles. The minimum atomic E-state index is -3.75. The van der Waals surface area contributed by atoms with E-state index in [-0.39, 0.29) is 12.4 Å². The molecular formula is C15H17N3O4S. The van der Waals surface area contributed by atoms with Crippen LogP contribution in [0.25, 0.3) is 11.4 Å². The number of amides is 1. The van der Waals surface area contributed by atoms with Crippen molar-refractivity contribution in [3.05, 3.63) is 48.9 Å². The normalized spacial score (nSPS) is 12.6. The largest absolute Gasteiger partial charge is 0.352 e. The van der Waals surface area contributed by atoms with Crippen molar-refractivity contribution in [3.63, 3.8) is 0 Å². The average Bonchev–Trinajstić information content (AvgIpc) is 3.00. The number of rotatable bonds is 7. The molecule has 1 aromatic carbocycles. The van der Waals surface area contributed by atoms with Crippen LogP contribution in [0.2, 0.25) is 0 Å². The predicted octanol–water partition coefficient (Wildman–Crippen LogP) is 1.34. The molecule has 0 saturated heterocycles. The maximum Gasteiger partial charge on any atom is 0.242 e. The zero-order chi connectivity index (χ0) is 16.9. The topological polar surface area (TPSA) is 102 Å². The number of hydrogen-bond acceptors (Lipinski definition) is 6. The van der Waals surface area contributed by atoms with E-state index in [4.69, 9.17) is 4.52 Å². The summed E-state index contributed by atoms with van der Waals surface area (Å²) in [5, 5.41) is 5.00. The summed E-state index contributed by atoms with van der Waals surface area (Å²) in [5.41, 5.74) is 0.719. The summed E-state index contributed by atoms with van der Waals surface area (Å²) >= 11 is 0. The summed E-state index contributed by atoms with van der Waals surface area (Å²) in [4.78, 5) is 15.8. The molecule has 2 rings (SSSR count). The fraction of sp³-hybridized carbons (Fsp3) is 0.267. The van der Waals surface area contributed by atoms with Gasteiger partial charge in [-0.25, -0.2) is 8.42 Å². The van der Waals surface area contributed by atoms with Crippen molar-refractivity contribution in [2.24, 2.45) is 0 Å². The first-order valence-corrected chi connectivity index (χ1v) is 8.64. The summed E-state index contributed by atoms with van der Waals surface area (Å²) in [5.74, 6) is -0.824. The van der Waals surface area contributed by atoms with E-state index in [0.29, 0.717) is 5.82 Å². The summed E-state index contributed by atoms with van der Waals surface area (Å²) in [7, 11) is -3.75. The van der Waals surface area contributed by atoms with E-state index in [1.165, 1.54) is 13.0 Å². The molecule has 1 aromatic heterocycles. The number of sulfone groups is 1. The van der Waals surface area contributed by atoms with E-state index < -0.39 is 26.7 Å². The van der Waals surface area contributed by atoms with E-state index in [9.17, 15) is 13.2 Å². The van der Waals surface area contributed by atoms with Crippen LogP contribution in [0, 0.1) is 0 Å². The van der Waals surface area contributed by atoms with Gasteiger partial charge in [0.25, 0.3) is 0 Å². The van der Waals surface area contributed by atoms with Crippen molar-refractivity contribution in [2.75, 3.05) is 6.54 Å². The Balaban J connectivity index is 2.10. The van der Waals surface area contributed by atoms with E-state index in [2.05, 4.69) is 22.0 Å². The highest BCUT2D eigenvalue weighted by Gasteiger charge is 2.30. The molecule has 23 heavy (non-hydrogen) atoms. The van der Waals surface area contributed by atoms with Gasteiger partial charge in [0.1, 0.15) is 11.0 Å². The summed E-state index contributed by atoms with van der Waals surface area (Å²) < 4.78 is 29.4. The van der Waals surface area contributed by atoms with E-state index in [0.717, 1.165) is 5.56 Å². The first-order chi connectivity index (χ1) is 10.9. The maximum atomic E-state index is 12.2. The Kier molecular flexibility index (Phi) is 5.28. The molecule has 7 nitrogen and oxygen atoms in total. The van der Waals surface area contributed by atoms with Gasteiger partial charge in [-0.2, -0.15) is 4.98 Å². The molecule has 1 atom stereocenters. The number of carbonyl (C=O) groups excluding carboxylic acids is 1. The van der Waals surface area contributed by atoms with Gasteiger partial charge in [-0.3, -0.25) is 4.79 Å². The Bertz CT molecular complexity index is 784. The van der Waals surface area contributed by atoms with Crippen LogP contribution in [0.5, 0.6) is 0 Å². The van der Waals surface area contributed by atoms with E-state index in [1.54, 1.807) is 12.1 Å². The Hall–Kier alpha value is -2.48. The number of benzene rings is 1. The summed E-state index contributed by atoms with van der Waals surface area (Å²) in [6.45, 7) is 4.98. The first-order valence-electron chi connectivity index (χ1n) is 6.92. The zero-order valence-corrected chi connectivity index (χ0v) is 13.4. The fourth-order valence-electron chi connectivity index (χ4n) is 1.79. The monoisotopic (exact) mass is 335 g/mol. The number of nitrogens with zero attached hydrogens (tertiary/aromatic N) is 2. The van der Waals surface area contributed by atoms with Gasteiger partial charge in [0.05, 0.1) is 0 Å². The van der Waals surface area contributed by atoms with Crippen LogP contribution in [0.3, 0.4) is 0 Å². The van der Waals surface area contributed by atoms with Gasteiger partial charge in [0.15, 0.2) is 9.84 Å². The Morgan fingerprint density at radius 1 is 1.39 bits per heavy atom. The van der Waals surface area contributed by atoms with Crippen LogP contribution in [0.1, 0.15) is 12.8 Å². The molecule has 1 N–H and O–H groups in total. The molecule has 122 valence electrons. The number of aromatic nitrogens is 2. The fourth-order valence-corrected chi connectivity index (χ4v) is 2.92. The number of hydrogen-bond donors (Lipinski definition) is 1. The van der Waals surface area contributed by atoms with Crippen LogP contribution in [0.4, 0.5) is 0 Å². The SMILES string of the molecule is C=CCNC(=O)C(C)S(=O)(=O)Cc1nc(-c2ccccc2)no1. The van der Waals surface area contributed by atoms with Crippen molar-refractivity contribution < 1.29 is 17.7 Å². The maximum absolute atomic E-state index is 12.2. The van der Waals surface area contributed by atoms with Crippen molar-refractivity contribution in [1.82, 2.24) is 15.5 Å². The van der Waals surface area contributed by atoms with Crippen molar-refractivity contribution in [3.8, 4) is 11.4 Å². The average molecular weight is 335 g/mol. The van der Waals surface area contributed by atoms with E-state index in [1.807, 2.05) is 18.2 Å². The first kappa shape index (κ1) is 16.9. The van der Waals surface area contributed by atoms with Crippen LogP contribution in [0.15, 0.2) is 47.5 Å². The summed E-state index contributed by atoms with van der Waals surface area (Å²) in [6.07, 6.45) is 1.47. The molecule has 0 radical (unpaired) electrons. The van der Waals surface area contributed by atoms with Crippen LogP contribution >= 0.6 is 0 Å². The van der Waals surface area contributed by atoms with Crippen LogP contribution in [-0.2, 0) is 20.4 Å². The number of carbonyl (C=O) groups is 1. The van der Waals surface area contributed by atoms with Gasteiger partial charge in [0.2, 0.25) is 17.6 Å². The van der Waals surface area contributed by atoms with Gasteiger partial charge < -0.3 is 9.84 Å². The molecule has 0 aliphatic rings. The Labute approximate surface area is 134 Å². The second kappa shape index (κ2) is 7.19. The van der Waals surface area contributed by atoms with Gasteiger partial charge in [-0.1, -0.05) is 41.6 Å². The van der Waals surface area contributed by atoms with Gasteiger partial charge >= 0.3 is 0 Å². The lowest BCUT2D eigenvalue weighted by Gasteiger charge is -2.10. The van der Waals surface area contributed by atoms with Gasteiger partial charge in [-0.15, -0.1) is 6.58 Å². The molecule has 0 spiro atoms. The van der Waals surface area contributed by atoms with Crippen LogP contribution < -0.4 is 5.32 Å². The predicted molar refractivity (Wildman–Crippen MR) is 85.0 cm³/mol. The van der Waals surface area contributed by atoms with Crippen molar-refractivity contribution >= 4 is 15.7 Å². The molecule has 0 saturated carbocycles. The minimum Gasteiger partial charge on any atom is -0.352 e. The van der Waals surface area contributed by atoms with Crippen molar-refractivity contribution in [2.45, 2.75) is 17.9 Å². The molecule has 1 amide bonds. The minimum absolute atomic E-state index is 0.0489. The third kappa shape index (κ3) is 4.26. The highest BCUT2D eigenvalue weighted by Crippen LogP contribution is 2.17. The van der Waals surface area contributed by atoms with Gasteiger partial charge in [-0.05, 0) is 6.92 Å². The van der Waals surface area contributed by atoms with Crippen LogP contribution in [-0.4, -0.2) is 36.3 Å². The molecule has 0 aliphatic heterocycles. The quantitative estimate of drug-likeness (QED) is 0.766. The molecule has 1 heterocycles. The third-order valence-corrected chi connectivity index (χ3v) is 5.09. The summed E-state index contributed by atoms with van der Waals surface area (Å²) in [6, 6.07) is 9.05. The molecular weight excluding hydrogens is 318 g/mol. The molecule has 1 unspecified atom stereocenters. The number of nitrogens with one attached hydrogen (secondary N) is 1. The zero-order valence-electron chi connectivity index (χ0n) is 12.6. The lowest BCUT2D eigenvalue weighted by atomic mass is 10.2. The van der Waals surface area contributed by atoms with Gasteiger partial charge in [0, 0.05) is 12.1 Å². The molecule has 2 aromatic rings. The third-order valence-electron chi connectivity index (χ3n) is 3.15. The molecule has 8 heteroatoms. The van der Waals surface area contributed by atoms with Crippen molar-refractivity contribution in [1.29, 1.82) is 0 Å². The smallest absolute Gasteiger partial charge is 0.242 e. The Morgan fingerprint density at radius 2 is 2.09 bits per heavy atom. The molecule has 0 fully saturated rings. The lowest BCUT2D eigenvalue weighted by molar-refractivity contribution is -0.120. The second-order valence-electron chi connectivity index (χ2n) is 4.86. The standard InChI is InChI=1S/C15H17N3O4S/c1-3-9-16-15(19)11(2)23(20,21)10-13-17-14(18-22-13)12-7-5-4-6-8-12/h3-8,11H,1,9-10H2,2H3,(H,16,19). The highest BCUT2D eigenvalue weighted by molar-refractivity contribution is 7.92.